The molecule has 5 aliphatic carbocycles. The van der Waals surface area contributed by atoms with E-state index in [-0.39, 0.29) is 6.61 Å². The van der Waals surface area contributed by atoms with Gasteiger partial charge in [0.05, 0.1) is 12.7 Å². The van der Waals surface area contributed by atoms with Crippen LogP contribution in [0.2, 0.25) is 0 Å². The zero-order valence-electron chi connectivity index (χ0n) is 22.2. The summed E-state index contributed by atoms with van der Waals surface area (Å²) in [6, 6.07) is 3.84. The Kier molecular flexibility index (Phi) is 5.88. The molecule has 1 aromatic rings. The van der Waals surface area contributed by atoms with Crippen molar-refractivity contribution >= 4 is 6.08 Å². The summed E-state index contributed by atoms with van der Waals surface area (Å²) >= 11 is 0. The molecule has 35 heavy (non-hydrogen) atoms. The molecule has 4 heteroatoms. The Balaban J connectivity index is 1.21. The summed E-state index contributed by atoms with van der Waals surface area (Å²) in [5.74, 6) is 5.52. The molecular weight excluding hydrogens is 434 g/mol. The average molecular weight is 480 g/mol. The van der Waals surface area contributed by atoms with Crippen molar-refractivity contribution in [3.8, 4) is 5.75 Å². The molecule has 1 heterocycles. The summed E-state index contributed by atoms with van der Waals surface area (Å²) in [4.78, 5) is 4.54. The lowest BCUT2D eigenvalue weighted by atomic mass is 9.45. The number of hydrogen-bond acceptors (Lipinski definition) is 4. The fraction of sp³-hybridized carbons (Fsp3) is 0.774. The number of hydrogen-bond donors (Lipinski definition) is 1. The zero-order chi connectivity index (χ0) is 24.4. The highest BCUT2D eigenvalue weighted by atomic mass is 16.5. The van der Waals surface area contributed by atoms with Crippen LogP contribution < -0.4 is 4.74 Å². The van der Waals surface area contributed by atoms with Crippen molar-refractivity contribution in [2.24, 2.45) is 51.8 Å². The molecule has 5 aliphatic rings. The molecule has 6 rings (SSSR count). The largest absolute Gasteiger partial charge is 0.489 e. The van der Waals surface area contributed by atoms with Gasteiger partial charge >= 0.3 is 0 Å². The molecule has 5 fully saturated rings. The summed E-state index contributed by atoms with van der Waals surface area (Å²) in [5, 5.41) is 9.14. The Morgan fingerprint density at radius 3 is 2.80 bits per heavy atom. The fourth-order valence-electron chi connectivity index (χ4n) is 10.7. The number of nitrogens with zero attached hydrogens (tertiary/aromatic N) is 1. The van der Waals surface area contributed by atoms with Crippen LogP contribution in [-0.2, 0) is 4.74 Å². The zero-order valence-corrected chi connectivity index (χ0v) is 22.2. The predicted octanol–water partition coefficient (Wildman–Crippen LogP) is 6.39. The highest BCUT2D eigenvalue weighted by Gasteiger charge is 2.77. The first-order valence-electron chi connectivity index (χ1n) is 14.3. The van der Waals surface area contributed by atoms with Crippen LogP contribution in [0.25, 0.3) is 6.08 Å². The van der Waals surface area contributed by atoms with E-state index in [1.807, 2.05) is 25.4 Å². The van der Waals surface area contributed by atoms with E-state index >= 15 is 0 Å². The van der Waals surface area contributed by atoms with Gasteiger partial charge in [0.2, 0.25) is 0 Å². The molecule has 1 spiro atoms. The Hall–Kier alpha value is -1.39. The molecule has 0 radical (unpaired) electrons. The van der Waals surface area contributed by atoms with E-state index in [9.17, 15) is 0 Å². The maximum atomic E-state index is 9.14. The van der Waals surface area contributed by atoms with Gasteiger partial charge in [0.25, 0.3) is 0 Å². The van der Waals surface area contributed by atoms with E-state index in [4.69, 9.17) is 14.6 Å². The maximum Gasteiger partial charge on any atom is 0.145 e. The van der Waals surface area contributed by atoms with Crippen molar-refractivity contribution in [1.29, 1.82) is 0 Å². The van der Waals surface area contributed by atoms with E-state index in [1.54, 1.807) is 0 Å². The summed E-state index contributed by atoms with van der Waals surface area (Å²) in [6.45, 7) is 8.04. The summed E-state index contributed by atoms with van der Waals surface area (Å²) in [5.41, 5.74) is 2.32. The topological polar surface area (TPSA) is 51.6 Å². The smallest absolute Gasteiger partial charge is 0.145 e. The molecule has 0 aliphatic heterocycles. The molecule has 0 aromatic carbocycles. The van der Waals surface area contributed by atoms with E-state index in [0.717, 1.165) is 41.0 Å². The van der Waals surface area contributed by atoms with Gasteiger partial charge < -0.3 is 14.6 Å². The molecule has 5 saturated carbocycles. The van der Waals surface area contributed by atoms with E-state index in [2.05, 4.69) is 37.9 Å². The lowest BCUT2D eigenvalue weighted by molar-refractivity contribution is -0.160. The number of rotatable bonds is 7. The van der Waals surface area contributed by atoms with Gasteiger partial charge in [-0.25, -0.2) is 0 Å². The minimum Gasteiger partial charge on any atom is -0.489 e. The van der Waals surface area contributed by atoms with Crippen molar-refractivity contribution in [2.75, 3.05) is 20.3 Å². The minimum absolute atomic E-state index is 0.0170. The Bertz CT molecular complexity index is 978. The van der Waals surface area contributed by atoms with Crippen molar-refractivity contribution in [2.45, 2.75) is 78.2 Å². The normalized spacial score (nSPS) is 46.5. The molecule has 192 valence electrons. The molecule has 0 bridgehead atoms. The Morgan fingerprint density at radius 2 is 2.03 bits per heavy atom. The molecular formula is C31H45NO3. The van der Waals surface area contributed by atoms with Crippen LogP contribution in [0.4, 0.5) is 0 Å². The Morgan fingerprint density at radius 1 is 1.17 bits per heavy atom. The van der Waals surface area contributed by atoms with Gasteiger partial charge in [0.1, 0.15) is 18.1 Å². The average Bonchev–Trinajstić information content (AvgIpc) is 3.37. The van der Waals surface area contributed by atoms with Crippen LogP contribution in [0.1, 0.15) is 77.8 Å². The second-order valence-corrected chi connectivity index (χ2v) is 13.1. The number of ether oxygens (including phenoxy) is 2. The molecule has 1 aromatic heterocycles. The van der Waals surface area contributed by atoms with Gasteiger partial charge in [-0.3, -0.25) is 4.98 Å². The van der Waals surface area contributed by atoms with Crippen molar-refractivity contribution < 1.29 is 14.6 Å². The summed E-state index contributed by atoms with van der Waals surface area (Å²) in [7, 11) is 2.00. The van der Waals surface area contributed by atoms with Crippen LogP contribution in [0, 0.1) is 51.8 Å². The third-order valence-electron chi connectivity index (χ3n) is 12.2. The third kappa shape index (κ3) is 3.34. The minimum atomic E-state index is 0.0170. The highest BCUT2D eigenvalue weighted by Crippen LogP contribution is 2.82. The van der Waals surface area contributed by atoms with Crippen LogP contribution in [0.5, 0.6) is 5.75 Å². The lowest BCUT2D eigenvalue weighted by Crippen LogP contribution is -2.57. The van der Waals surface area contributed by atoms with Crippen LogP contribution in [-0.4, -0.2) is 36.5 Å². The standard InChI is InChI=1S/C31H45NO3/c1-20(7-10-26-27(35-17-16-33)6-5-15-32-26)23-8-9-24-22-18-28(34-4)31-19-21(31)11-14-30(31,3)25(22)12-13-29(23,24)2/h5-7,10,15,20-25,28,33H,8-9,11-14,16-19H2,1-4H3/b10-7+/t20-,21-,22+,23-,24+,25+,28?,29-,30-,31?/m1/s1. The van der Waals surface area contributed by atoms with Gasteiger partial charge in [0.15, 0.2) is 0 Å². The number of pyridine rings is 1. The first kappa shape index (κ1) is 24.0. The predicted molar refractivity (Wildman–Crippen MR) is 139 cm³/mol. The maximum absolute atomic E-state index is 9.14. The molecule has 1 N–H and O–H groups in total. The number of methoxy groups -OCH3 is 1. The highest BCUT2D eigenvalue weighted by molar-refractivity contribution is 5.53. The second-order valence-electron chi connectivity index (χ2n) is 13.1. The van der Waals surface area contributed by atoms with Crippen molar-refractivity contribution in [3.05, 3.63) is 30.1 Å². The number of aliphatic hydroxyl groups excluding tert-OH is 1. The second kappa shape index (κ2) is 8.58. The molecule has 0 saturated heterocycles. The van der Waals surface area contributed by atoms with Crippen molar-refractivity contribution in [1.82, 2.24) is 4.98 Å². The number of aliphatic hydroxyl groups is 1. The number of fused-ring (bicyclic) bond motifs is 4. The summed E-state index contributed by atoms with van der Waals surface area (Å²) in [6.07, 6.45) is 18.0. The van der Waals surface area contributed by atoms with Gasteiger partial charge in [-0.05, 0) is 116 Å². The first-order valence-corrected chi connectivity index (χ1v) is 14.3. The molecule has 10 atom stereocenters. The Labute approximate surface area is 211 Å². The van der Waals surface area contributed by atoms with E-state index in [0.29, 0.717) is 34.9 Å². The quantitative estimate of drug-likeness (QED) is 0.493. The van der Waals surface area contributed by atoms with Crippen LogP contribution in [0.15, 0.2) is 24.4 Å². The van der Waals surface area contributed by atoms with Gasteiger partial charge in [0, 0.05) is 18.7 Å². The first-order chi connectivity index (χ1) is 16.9. The van der Waals surface area contributed by atoms with Gasteiger partial charge in [-0.1, -0.05) is 26.8 Å². The molecule has 2 unspecified atom stereocenters. The fourth-order valence-corrected chi connectivity index (χ4v) is 10.7. The van der Waals surface area contributed by atoms with Crippen LogP contribution >= 0.6 is 0 Å². The van der Waals surface area contributed by atoms with Gasteiger partial charge in [-0.2, -0.15) is 0 Å². The molecule has 4 nitrogen and oxygen atoms in total. The lowest BCUT2D eigenvalue weighted by Gasteiger charge is -2.61. The van der Waals surface area contributed by atoms with Crippen LogP contribution in [0.3, 0.4) is 0 Å². The van der Waals surface area contributed by atoms with E-state index < -0.39 is 0 Å². The van der Waals surface area contributed by atoms with Gasteiger partial charge in [-0.15, -0.1) is 0 Å². The summed E-state index contributed by atoms with van der Waals surface area (Å²) < 4.78 is 12.0. The number of aromatic nitrogens is 1. The van der Waals surface area contributed by atoms with E-state index in [1.165, 1.54) is 51.4 Å². The molecule has 0 amide bonds. The van der Waals surface area contributed by atoms with Crippen molar-refractivity contribution in [3.63, 3.8) is 0 Å². The number of allylic oxidation sites excluding steroid dienone is 1. The third-order valence-corrected chi connectivity index (χ3v) is 12.2. The monoisotopic (exact) mass is 479 g/mol. The SMILES string of the molecule is COC1C[C@H]2[C@@H]3CC[C@H]([C@H](C)/C=C/c4ncccc4OCCO)[C@@]3(C)CC[C@@H]2[C@@]2(C)CC[C@@H]3CC132.